The first kappa shape index (κ1) is 11.6. The minimum absolute atomic E-state index is 0.322. The molecule has 1 fully saturated rings. The Balaban J connectivity index is 1.95. The fourth-order valence-electron chi connectivity index (χ4n) is 2.75. The van der Waals surface area contributed by atoms with Crippen molar-refractivity contribution < 1.29 is 4.79 Å². The van der Waals surface area contributed by atoms with Crippen molar-refractivity contribution in [1.82, 2.24) is 0 Å². The summed E-state index contributed by atoms with van der Waals surface area (Å²) < 4.78 is 0. The molecule has 1 atom stereocenters. The van der Waals surface area contributed by atoms with E-state index >= 15 is 0 Å². The number of allylic oxidation sites excluding steroid dienone is 4. The lowest BCUT2D eigenvalue weighted by Gasteiger charge is -2.22. The third-order valence-electron chi connectivity index (χ3n) is 3.97. The van der Waals surface area contributed by atoms with Crippen LogP contribution in [-0.2, 0) is 4.79 Å². The highest BCUT2D eigenvalue weighted by molar-refractivity contribution is 5.99. The maximum Gasteiger partial charge on any atom is 0.165 e. The van der Waals surface area contributed by atoms with Crippen LogP contribution < -0.4 is 0 Å². The summed E-state index contributed by atoms with van der Waals surface area (Å²) in [5.41, 5.74) is 0.983. The number of carbonyl (C=O) groups is 1. The fourth-order valence-corrected chi connectivity index (χ4v) is 2.75. The molecule has 88 valence electrons. The highest BCUT2D eigenvalue weighted by atomic mass is 16.1. The lowest BCUT2D eigenvalue weighted by atomic mass is 9.82. The van der Waals surface area contributed by atoms with Crippen LogP contribution in [0, 0.1) is 11.8 Å². The zero-order valence-electron chi connectivity index (χ0n) is 10.2. The van der Waals surface area contributed by atoms with Gasteiger partial charge in [-0.1, -0.05) is 44.4 Å². The molecule has 0 saturated heterocycles. The van der Waals surface area contributed by atoms with Gasteiger partial charge in [0.1, 0.15) is 0 Å². The quantitative estimate of drug-likeness (QED) is 0.698. The Morgan fingerprint density at radius 2 is 2.06 bits per heavy atom. The van der Waals surface area contributed by atoms with E-state index in [4.69, 9.17) is 0 Å². The summed E-state index contributed by atoms with van der Waals surface area (Å²) in [6, 6.07) is 0. The molecule has 0 heterocycles. The van der Waals surface area contributed by atoms with Gasteiger partial charge in [-0.3, -0.25) is 4.79 Å². The molecule has 1 nitrogen and oxygen atoms in total. The second-order valence-electron chi connectivity index (χ2n) is 5.12. The monoisotopic (exact) mass is 218 g/mol. The predicted molar refractivity (Wildman–Crippen MR) is 67.2 cm³/mol. The third kappa shape index (κ3) is 2.63. The summed E-state index contributed by atoms with van der Waals surface area (Å²) in [5.74, 6) is 1.39. The van der Waals surface area contributed by atoms with Crippen molar-refractivity contribution in [2.75, 3.05) is 0 Å². The summed E-state index contributed by atoms with van der Waals surface area (Å²) in [4.78, 5) is 12.2. The molecular formula is C15H22O. The van der Waals surface area contributed by atoms with Crippen molar-refractivity contribution >= 4 is 5.78 Å². The molecule has 0 aliphatic heterocycles. The van der Waals surface area contributed by atoms with Gasteiger partial charge in [-0.05, 0) is 31.6 Å². The average Bonchev–Trinajstić information content (AvgIpc) is 2.39. The first-order valence-corrected chi connectivity index (χ1v) is 6.74. The second-order valence-corrected chi connectivity index (χ2v) is 5.12. The van der Waals surface area contributed by atoms with E-state index in [0.717, 1.165) is 24.8 Å². The summed E-state index contributed by atoms with van der Waals surface area (Å²) in [6.07, 6.45) is 14.7. The SMILES string of the molecule is CCC1C=CC(C(=O)C2CCCCC2)=CC1. The number of carbonyl (C=O) groups excluding carboxylic acids is 1. The number of ketones is 1. The molecule has 0 amide bonds. The summed E-state index contributed by atoms with van der Waals surface area (Å²) in [6.45, 7) is 2.21. The first-order valence-electron chi connectivity index (χ1n) is 6.74. The normalized spacial score (nSPS) is 26.6. The molecule has 0 aromatic heterocycles. The van der Waals surface area contributed by atoms with Crippen LogP contribution >= 0.6 is 0 Å². The van der Waals surface area contributed by atoms with E-state index in [1.54, 1.807) is 0 Å². The average molecular weight is 218 g/mol. The van der Waals surface area contributed by atoms with Gasteiger partial charge in [-0.25, -0.2) is 0 Å². The molecule has 1 unspecified atom stereocenters. The Labute approximate surface area is 98.6 Å². The van der Waals surface area contributed by atoms with Crippen LogP contribution in [0.15, 0.2) is 23.8 Å². The largest absolute Gasteiger partial charge is 0.294 e. The van der Waals surface area contributed by atoms with Crippen LogP contribution in [0.3, 0.4) is 0 Å². The van der Waals surface area contributed by atoms with E-state index in [1.807, 2.05) is 0 Å². The topological polar surface area (TPSA) is 17.1 Å². The van der Waals surface area contributed by atoms with Crippen LogP contribution in [0.2, 0.25) is 0 Å². The fraction of sp³-hybridized carbons (Fsp3) is 0.667. The zero-order chi connectivity index (χ0) is 11.4. The smallest absolute Gasteiger partial charge is 0.165 e. The van der Waals surface area contributed by atoms with Crippen LogP contribution in [0.25, 0.3) is 0 Å². The molecule has 0 aromatic carbocycles. The van der Waals surface area contributed by atoms with Gasteiger partial charge in [0.2, 0.25) is 0 Å². The molecule has 2 aliphatic carbocycles. The number of hydrogen-bond acceptors (Lipinski definition) is 1. The molecular weight excluding hydrogens is 196 g/mol. The number of hydrogen-bond donors (Lipinski definition) is 0. The first-order chi connectivity index (χ1) is 7.81. The van der Waals surface area contributed by atoms with Crippen LogP contribution in [0.4, 0.5) is 0 Å². The highest BCUT2D eigenvalue weighted by Gasteiger charge is 2.23. The van der Waals surface area contributed by atoms with E-state index < -0.39 is 0 Å². The van der Waals surface area contributed by atoms with Gasteiger partial charge >= 0.3 is 0 Å². The van der Waals surface area contributed by atoms with Crippen molar-refractivity contribution in [2.24, 2.45) is 11.8 Å². The van der Waals surface area contributed by atoms with Gasteiger partial charge in [0, 0.05) is 11.5 Å². The molecule has 0 bridgehead atoms. The molecule has 0 N–H and O–H groups in total. The van der Waals surface area contributed by atoms with E-state index in [1.165, 1.54) is 25.7 Å². The summed E-state index contributed by atoms with van der Waals surface area (Å²) in [7, 11) is 0. The minimum Gasteiger partial charge on any atom is -0.294 e. The number of rotatable bonds is 3. The molecule has 0 aromatic rings. The van der Waals surface area contributed by atoms with Crippen molar-refractivity contribution in [3.8, 4) is 0 Å². The van der Waals surface area contributed by atoms with Crippen molar-refractivity contribution in [3.05, 3.63) is 23.8 Å². The Morgan fingerprint density at radius 1 is 1.31 bits per heavy atom. The van der Waals surface area contributed by atoms with Gasteiger partial charge < -0.3 is 0 Å². The van der Waals surface area contributed by atoms with Crippen molar-refractivity contribution in [2.45, 2.75) is 51.9 Å². The minimum atomic E-state index is 0.322. The van der Waals surface area contributed by atoms with Crippen LogP contribution in [0.5, 0.6) is 0 Å². The maximum atomic E-state index is 12.2. The maximum absolute atomic E-state index is 12.2. The van der Waals surface area contributed by atoms with Crippen LogP contribution in [0.1, 0.15) is 51.9 Å². The lowest BCUT2D eigenvalue weighted by molar-refractivity contribution is -0.119. The summed E-state index contributed by atoms with van der Waals surface area (Å²) in [5, 5.41) is 0. The molecule has 16 heavy (non-hydrogen) atoms. The summed E-state index contributed by atoms with van der Waals surface area (Å²) >= 11 is 0. The van der Waals surface area contributed by atoms with E-state index in [9.17, 15) is 4.79 Å². The standard InChI is InChI=1S/C15H22O/c1-2-12-8-10-14(11-9-12)15(16)13-6-4-3-5-7-13/h8,10-13H,2-7,9H2,1H3. The molecule has 2 rings (SSSR count). The Hall–Kier alpha value is -0.850. The van der Waals surface area contributed by atoms with Gasteiger partial charge in [-0.2, -0.15) is 0 Å². The van der Waals surface area contributed by atoms with Crippen molar-refractivity contribution in [1.29, 1.82) is 0 Å². The molecule has 0 radical (unpaired) electrons. The Morgan fingerprint density at radius 3 is 2.62 bits per heavy atom. The number of Topliss-reactive ketones (excluding diaryl/α,β-unsaturated/α-hetero) is 1. The van der Waals surface area contributed by atoms with Crippen LogP contribution in [-0.4, -0.2) is 5.78 Å². The zero-order valence-corrected chi connectivity index (χ0v) is 10.2. The molecule has 0 spiro atoms. The molecule has 2 aliphatic rings. The van der Waals surface area contributed by atoms with Crippen molar-refractivity contribution in [3.63, 3.8) is 0 Å². The van der Waals surface area contributed by atoms with Gasteiger partial charge in [-0.15, -0.1) is 0 Å². The van der Waals surface area contributed by atoms with Gasteiger partial charge in [0.25, 0.3) is 0 Å². The molecule has 1 saturated carbocycles. The van der Waals surface area contributed by atoms with E-state index in [0.29, 0.717) is 17.6 Å². The van der Waals surface area contributed by atoms with Gasteiger partial charge in [0.15, 0.2) is 5.78 Å². The third-order valence-corrected chi connectivity index (χ3v) is 3.97. The predicted octanol–water partition coefficient (Wildman–Crippen LogP) is 4.05. The van der Waals surface area contributed by atoms with E-state index in [-0.39, 0.29) is 0 Å². The van der Waals surface area contributed by atoms with E-state index in [2.05, 4.69) is 25.2 Å². The molecule has 1 heteroatoms. The Kier molecular flexibility index (Phi) is 3.98. The Bertz CT molecular complexity index is 305. The lowest BCUT2D eigenvalue weighted by Crippen LogP contribution is -2.19. The second kappa shape index (κ2) is 5.47. The van der Waals surface area contributed by atoms with Gasteiger partial charge in [0.05, 0.1) is 0 Å². The highest BCUT2D eigenvalue weighted by Crippen LogP contribution is 2.29.